The van der Waals surface area contributed by atoms with Crippen LogP contribution < -0.4 is 0 Å². The van der Waals surface area contributed by atoms with Gasteiger partial charge >= 0.3 is 5.97 Å². The van der Waals surface area contributed by atoms with Crippen molar-refractivity contribution < 1.29 is 9.90 Å². The van der Waals surface area contributed by atoms with Crippen molar-refractivity contribution in [3.05, 3.63) is 35.9 Å². The monoisotopic (exact) mass is 204 g/mol. The third kappa shape index (κ3) is 1.56. The van der Waals surface area contributed by atoms with E-state index in [-0.39, 0.29) is 5.56 Å². The molecule has 0 aromatic carbocycles. The highest BCUT2D eigenvalue weighted by molar-refractivity contribution is 5.93. The molecule has 0 unspecified atom stereocenters. The first-order valence-corrected chi connectivity index (χ1v) is 4.24. The van der Waals surface area contributed by atoms with Crippen LogP contribution >= 0.6 is 0 Å². The largest absolute Gasteiger partial charge is 0.478 e. The normalized spacial score (nSPS) is 10.2. The van der Waals surface area contributed by atoms with Crippen molar-refractivity contribution in [2.45, 2.75) is 6.92 Å². The summed E-state index contributed by atoms with van der Waals surface area (Å²) in [5.74, 6) is -1.000. The lowest BCUT2D eigenvalue weighted by Crippen LogP contribution is -2.09. The van der Waals surface area contributed by atoms with Gasteiger partial charge in [0.05, 0.1) is 29.8 Å². The summed E-state index contributed by atoms with van der Waals surface area (Å²) >= 11 is 0. The zero-order valence-electron chi connectivity index (χ0n) is 7.95. The van der Waals surface area contributed by atoms with E-state index in [9.17, 15) is 4.79 Å². The molecule has 2 rings (SSSR count). The molecule has 0 radical (unpaired) electrons. The Morgan fingerprint density at radius 1 is 1.47 bits per heavy atom. The van der Waals surface area contributed by atoms with Crippen LogP contribution in [0.25, 0.3) is 5.69 Å². The van der Waals surface area contributed by atoms with E-state index < -0.39 is 5.97 Å². The molecule has 0 atom stereocenters. The molecule has 2 aromatic rings. The van der Waals surface area contributed by atoms with E-state index in [0.29, 0.717) is 11.3 Å². The van der Waals surface area contributed by atoms with E-state index in [1.54, 1.807) is 13.1 Å². The number of aryl methyl sites for hydroxylation is 1. The van der Waals surface area contributed by atoms with Gasteiger partial charge in [-0.05, 0) is 12.5 Å². The topological polar surface area (TPSA) is 80.9 Å². The Bertz CT molecular complexity index is 493. The zero-order valence-corrected chi connectivity index (χ0v) is 7.95. The molecule has 0 spiro atoms. The van der Waals surface area contributed by atoms with Crippen molar-refractivity contribution in [1.82, 2.24) is 20.0 Å². The Balaban J connectivity index is 2.66. The minimum absolute atomic E-state index is 0.190. The van der Waals surface area contributed by atoms with Crippen molar-refractivity contribution >= 4 is 5.97 Å². The second-order valence-corrected chi connectivity index (χ2v) is 3.00. The van der Waals surface area contributed by atoms with Crippen molar-refractivity contribution in [3.63, 3.8) is 0 Å². The maximum Gasteiger partial charge on any atom is 0.338 e. The Labute approximate surface area is 85.2 Å². The molecule has 0 aliphatic heterocycles. The van der Waals surface area contributed by atoms with Crippen molar-refractivity contribution in [2.75, 3.05) is 0 Å². The van der Waals surface area contributed by atoms with Crippen LogP contribution in [0.5, 0.6) is 0 Å². The second-order valence-electron chi connectivity index (χ2n) is 3.00. The molecule has 6 heteroatoms. The highest BCUT2D eigenvalue weighted by atomic mass is 16.4. The molecule has 15 heavy (non-hydrogen) atoms. The van der Waals surface area contributed by atoms with Gasteiger partial charge in [-0.2, -0.15) is 0 Å². The Morgan fingerprint density at radius 2 is 2.27 bits per heavy atom. The van der Waals surface area contributed by atoms with Gasteiger partial charge in [-0.3, -0.25) is 4.98 Å². The molecule has 0 aliphatic carbocycles. The third-order valence-electron chi connectivity index (χ3n) is 2.00. The molecule has 6 nitrogen and oxygen atoms in total. The number of rotatable bonds is 2. The van der Waals surface area contributed by atoms with E-state index in [2.05, 4.69) is 15.3 Å². The third-order valence-corrected chi connectivity index (χ3v) is 2.00. The van der Waals surface area contributed by atoms with Crippen LogP contribution in [0.2, 0.25) is 0 Å². The minimum Gasteiger partial charge on any atom is -0.478 e. The fraction of sp³-hybridized carbons (Fsp3) is 0.111. The fourth-order valence-corrected chi connectivity index (χ4v) is 1.34. The second kappa shape index (κ2) is 3.49. The first-order valence-electron chi connectivity index (χ1n) is 4.24. The molecule has 0 saturated carbocycles. The molecule has 1 N–H and O–H groups in total. The summed E-state index contributed by atoms with van der Waals surface area (Å²) in [6, 6.07) is 0. The van der Waals surface area contributed by atoms with Crippen LogP contribution in [0.3, 0.4) is 0 Å². The van der Waals surface area contributed by atoms with Gasteiger partial charge in [-0.15, -0.1) is 5.10 Å². The van der Waals surface area contributed by atoms with Gasteiger partial charge in [-0.1, -0.05) is 5.21 Å². The van der Waals surface area contributed by atoms with E-state index in [1.165, 1.54) is 23.3 Å². The summed E-state index contributed by atoms with van der Waals surface area (Å²) in [7, 11) is 0. The Hall–Kier alpha value is -2.24. The van der Waals surface area contributed by atoms with Gasteiger partial charge in [0.1, 0.15) is 0 Å². The minimum atomic E-state index is -1.000. The number of hydrogen-bond acceptors (Lipinski definition) is 4. The summed E-state index contributed by atoms with van der Waals surface area (Å²) < 4.78 is 1.38. The van der Waals surface area contributed by atoms with Gasteiger partial charge in [0.15, 0.2) is 0 Å². The van der Waals surface area contributed by atoms with Crippen molar-refractivity contribution in [3.8, 4) is 5.69 Å². The number of carbonyl (C=O) groups is 1. The Morgan fingerprint density at radius 3 is 2.87 bits per heavy atom. The van der Waals surface area contributed by atoms with Crippen LogP contribution in [0.4, 0.5) is 0 Å². The highest BCUT2D eigenvalue weighted by Crippen LogP contribution is 2.15. The SMILES string of the molecule is Cc1cncc(-n2ccnn2)c1C(=O)O. The first-order chi connectivity index (χ1) is 7.20. The summed E-state index contributed by atoms with van der Waals surface area (Å²) in [5.41, 5.74) is 1.20. The molecule has 2 heterocycles. The predicted octanol–water partition coefficient (Wildman–Crippen LogP) is 0.669. The summed E-state index contributed by atoms with van der Waals surface area (Å²) in [4.78, 5) is 15.0. The lowest BCUT2D eigenvalue weighted by Gasteiger charge is -2.06. The summed E-state index contributed by atoms with van der Waals surface area (Å²) in [6.07, 6.45) is 6.01. The van der Waals surface area contributed by atoms with E-state index in [4.69, 9.17) is 5.11 Å². The quantitative estimate of drug-likeness (QED) is 0.777. The standard InChI is InChI=1S/C9H8N4O2/c1-6-4-10-5-7(8(6)9(14)15)13-3-2-11-12-13/h2-5H,1H3,(H,14,15). The van der Waals surface area contributed by atoms with Gasteiger partial charge in [0.25, 0.3) is 0 Å². The lowest BCUT2D eigenvalue weighted by molar-refractivity contribution is 0.0696. The molecule has 0 fully saturated rings. The number of carboxylic acid groups (broad SMARTS) is 1. The average molecular weight is 204 g/mol. The van der Waals surface area contributed by atoms with Crippen LogP contribution in [0.15, 0.2) is 24.8 Å². The maximum atomic E-state index is 11.0. The molecule has 0 amide bonds. The average Bonchev–Trinajstić information content (AvgIpc) is 2.69. The van der Waals surface area contributed by atoms with Crippen molar-refractivity contribution in [1.29, 1.82) is 0 Å². The molecule has 2 aromatic heterocycles. The first kappa shape index (κ1) is 9.32. The number of aromatic carboxylic acids is 1. The molecule has 0 aliphatic rings. The van der Waals surface area contributed by atoms with Crippen LogP contribution in [-0.2, 0) is 0 Å². The van der Waals surface area contributed by atoms with Gasteiger partial charge in [0.2, 0.25) is 0 Å². The number of hydrogen-bond donors (Lipinski definition) is 1. The Kier molecular flexibility index (Phi) is 2.17. The fourth-order valence-electron chi connectivity index (χ4n) is 1.34. The number of pyridine rings is 1. The highest BCUT2D eigenvalue weighted by Gasteiger charge is 2.15. The van der Waals surface area contributed by atoms with E-state index in [1.807, 2.05) is 0 Å². The smallest absolute Gasteiger partial charge is 0.338 e. The lowest BCUT2D eigenvalue weighted by atomic mass is 10.1. The van der Waals surface area contributed by atoms with Gasteiger partial charge < -0.3 is 5.11 Å². The molecular formula is C9H8N4O2. The molecular weight excluding hydrogens is 196 g/mol. The number of carboxylic acids is 1. The van der Waals surface area contributed by atoms with Crippen molar-refractivity contribution in [2.24, 2.45) is 0 Å². The molecule has 0 saturated heterocycles. The van der Waals surface area contributed by atoms with Crippen LogP contribution in [0.1, 0.15) is 15.9 Å². The molecule has 76 valence electrons. The molecule has 0 bridgehead atoms. The maximum absolute atomic E-state index is 11.0. The summed E-state index contributed by atoms with van der Waals surface area (Å²) in [5, 5.41) is 16.4. The van der Waals surface area contributed by atoms with E-state index in [0.717, 1.165) is 0 Å². The summed E-state index contributed by atoms with van der Waals surface area (Å²) in [6.45, 7) is 1.69. The van der Waals surface area contributed by atoms with Crippen LogP contribution in [-0.4, -0.2) is 31.1 Å². The number of aromatic nitrogens is 4. The zero-order chi connectivity index (χ0) is 10.8. The van der Waals surface area contributed by atoms with Gasteiger partial charge in [0, 0.05) is 6.20 Å². The number of nitrogens with zero attached hydrogens (tertiary/aromatic N) is 4. The van der Waals surface area contributed by atoms with Gasteiger partial charge in [-0.25, -0.2) is 9.48 Å². The predicted molar refractivity (Wildman–Crippen MR) is 50.9 cm³/mol. The van der Waals surface area contributed by atoms with E-state index >= 15 is 0 Å². The van der Waals surface area contributed by atoms with Crippen LogP contribution in [0, 0.1) is 6.92 Å².